The van der Waals surface area contributed by atoms with Crippen molar-refractivity contribution in [3.63, 3.8) is 0 Å². The van der Waals surface area contributed by atoms with Crippen LogP contribution in [0.2, 0.25) is 5.02 Å². The van der Waals surface area contributed by atoms with Gasteiger partial charge in [-0.05, 0) is 30.3 Å². The average molecular weight is 321 g/mol. The van der Waals surface area contributed by atoms with Gasteiger partial charge < -0.3 is 11.1 Å². The number of benzene rings is 2. The summed E-state index contributed by atoms with van der Waals surface area (Å²) in [4.78, 5) is 23.9. The lowest BCUT2D eigenvalue weighted by molar-refractivity contribution is -0.115. The molecule has 0 radical (unpaired) electrons. The first-order valence-corrected chi connectivity index (χ1v) is 7.49. The van der Waals surface area contributed by atoms with Gasteiger partial charge in [-0.3, -0.25) is 9.59 Å². The molecule has 0 saturated carbocycles. The summed E-state index contributed by atoms with van der Waals surface area (Å²) in [6.07, 6.45) is 0. The van der Waals surface area contributed by atoms with E-state index in [0.717, 1.165) is 0 Å². The molecule has 2 aromatic carbocycles. The maximum absolute atomic E-state index is 12.3. The Bertz CT molecular complexity index is 676. The molecule has 0 aliphatic rings. The smallest absolute Gasteiger partial charge is 0.256 e. The molecule has 0 spiro atoms. The molecule has 0 saturated heterocycles. The number of carbonyl (C=O) groups is 2. The minimum Gasteiger partial charge on any atom is -0.369 e. The van der Waals surface area contributed by atoms with Gasteiger partial charge >= 0.3 is 0 Å². The van der Waals surface area contributed by atoms with Crippen molar-refractivity contribution in [2.75, 3.05) is 11.1 Å². The Kier molecular flexibility index (Phi) is 5.25. The van der Waals surface area contributed by atoms with Crippen molar-refractivity contribution in [1.82, 2.24) is 0 Å². The van der Waals surface area contributed by atoms with E-state index in [1.807, 2.05) is 0 Å². The molecule has 0 unspecified atom stereocenters. The van der Waals surface area contributed by atoms with Crippen LogP contribution in [0.15, 0.2) is 53.4 Å². The van der Waals surface area contributed by atoms with Crippen molar-refractivity contribution in [2.45, 2.75) is 4.90 Å². The van der Waals surface area contributed by atoms with Crippen LogP contribution in [0.1, 0.15) is 10.4 Å². The Morgan fingerprint density at radius 3 is 2.62 bits per heavy atom. The second-order valence-electron chi connectivity index (χ2n) is 4.22. The van der Waals surface area contributed by atoms with Gasteiger partial charge in [0.25, 0.3) is 5.91 Å². The molecule has 0 aliphatic carbocycles. The molecular weight excluding hydrogens is 308 g/mol. The SMILES string of the molecule is NC(=O)CSc1ccccc1C(=O)Nc1cccc(Cl)c1. The second kappa shape index (κ2) is 7.15. The van der Waals surface area contributed by atoms with E-state index in [9.17, 15) is 9.59 Å². The lowest BCUT2D eigenvalue weighted by Gasteiger charge is -2.09. The molecule has 6 heteroatoms. The van der Waals surface area contributed by atoms with E-state index in [1.54, 1.807) is 48.5 Å². The average Bonchev–Trinajstić information content (AvgIpc) is 2.45. The van der Waals surface area contributed by atoms with Gasteiger partial charge in [-0.1, -0.05) is 29.8 Å². The minimum atomic E-state index is -0.426. The van der Waals surface area contributed by atoms with Gasteiger partial charge in [0.1, 0.15) is 0 Å². The van der Waals surface area contributed by atoms with Gasteiger partial charge in [0, 0.05) is 15.6 Å². The number of carbonyl (C=O) groups excluding carboxylic acids is 2. The first kappa shape index (κ1) is 15.4. The second-order valence-corrected chi connectivity index (χ2v) is 5.67. The molecule has 4 nitrogen and oxygen atoms in total. The molecule has 0 aliphatic heterocycles. The number of hydrogen-bond donors (Lipinski definition) is 2. The first-order chi connectivity index (χ1) is 10.1. The Hall–Kier alpha value is -1.98. The van der Waals surface area contributed by atoms with Crippen LogP contribution in [0, 0.1) is 0 Å². The number of anilines is 1. The highest BCUT2D eigenvalue weighted by atomic mass is 35.5. The number of primary amides is 1. The van der Waals surface area contributed by atoms with Crippen molar-refractivity contribution >= 4 is 40.9 Å². The number of rotatable bonds is 5. The van der Waals surface area contributed by atoms with Crippen molar-refractivity contribution in [3.8, 4) is 0 Å². The number of nitrogens with one attached hydrogen (secondary N) is 1. The minimum absolute atomic E-state index is 0.126. The molecule has 108 valence electrons. The number of nitrogens with two attached hydrogens (primary N) is 1. The molecule has 3 N–H and O–H groups in total. The van der Waals surface area contributed by atoms with Crippen LogP contribution >= 0.6 is 23.4 Å². The van der Waals surface area contributed by atoms with Crippen molar-refractivity contribution in [1.29, 1.82) is 0 Å². The normalized spacial score (nSPS) is 10.1. The molecule has 2 aromatic rings. The van der Waals surface area contributed by atoms with Gasteiger partial charge in [0.05, 0.1) is 11.3 Å². The van der Waals surface area contributed by atoms with Gasteiger partial charge in [-0.15, -0.1) is 11.8 Å². The fraction of sp³-hybridized carbons (Fsp3) is 0.0667. The van der Waals surface area contributed by atoms with E-state index < -0.39 is 5.91 Å². The summed E-state index contributed by atoms with van der Waals surface area (Å²) in [7, 11) is 0. The maximum atomic E-state index is 12.3. The van der Waals surface area contributed by atoms with E-state index in [1.165, 1.54) is 11.8 Å². The number of hydrogen-bond acceptors (Lipinski definition) is 3. The van der Waals surface area contributed by atoms with E-state index in [0.29, 0.717) is 21.2 Å². The molecule has 2 amide bonds. The van der Waals surface area contributed by atoms with Crippen molar-refractivity contribution in [3.05, 3.63) is 59.1 Å². The first-order valence-electron chi connectivity index (χ1n) is 6.13. The van der Waals surface area contributed by atoms with Gasteiger partial charge in [-0.25, -0.2) is 0 Å². The van der Waals surface area contributed by atoms with Gasteiger partial charge in [0.2, 0.25) is 5.91 Å². The summed E-state index contributed by atoms with van der Waals surface area (Å²) in [5, 5.41) is 3.32. The third kappa shape index (κ3) is 4.51. The van der Waals surface area contributed by atoms with Crippen LogP contribution in [-0.2, 0) is 4.79 Å². The van der Waals surface area contributed by atoms with Gasteiger partial charge in [-0.2, -0.15) is 0 Å². The molecule has 0 atom stereocenters. The summed E-state index contributed by atoms with van der Waals surface area (Å²) >= 11 is 7.12. The fourth-order valence-corrected chi connectivity index (χ4v) is 2.67. The molecule has 2 rings (SSSR count). The zero-order valence-electron chi connectivity index (χ0n) is 11.0. The molecule has 21 heavy (non-hydrogen) atoms. The van der Waals surface area contributed by atoms with Crippen LogP contribution in [0.25, 0.3) is 0 Å². The van der Waals surface area contributed by atoms with E-state index in [2.05, 4.69) is 5.32 Å². The van der Waals surface area contributed by atoms with Crippen LogP contribution in [0.4, 0.5) is 5.69 Å². The van der Waals surface area contributed by atoms with Crippen LogP contribution in [0.3, 0.4) is 0 Å². The van der Waals surface area contributed by atoms with Crippen LogP contribution in [0.5, 0.6) is 0 Å². The van der Waals surface area contributed by atoms with E-state index in [-0.39, 0.29) is 11.7 Å². The lowest BCUT2D eigenvalue weighted by atomic mass is 10.2. The Labute approximate surface area is 131 Å². The Morgan fingerprint density at radius 1 is 1.14 bits per heavy atom. The number of halogens is 1. The highest BCUT2D eigenvalue weighted by molar-refractivity contribution is 8.00. The summed E-state index contributed by atoms with van der Waals surface area (Å²) in [6.45, 7) is 0. The molecule has 0 aromatic heterocycles. The molecule has 0 bridgehead atoms. The van der Waals surface area contributed by atoms with Crippen molar-refractivity contribution < 1.29 is 9.59 Å². The third-order valence-electron chi connectivity index (χ3n) is 2.58. The van der Waals surface area contributed by atoms with Gasteiger partial charge in [0.15, 0.2) is 0 Å². The van der Waals surface area contributed by atoms with E-state index >= 15 is 0 Å². The predicted molar refractivity (Wildman–Crippen MR) is 85.8 cm³/mol. The summed E-state index contributed by atoms with van der Waals surface area (Å²) < 4.78 is 0. The summed E-state index contributed by atoms with van der Waals surface area (Å²) in [6, 6.07) is 13.9. The zero-order chi connectivity index (χ0) is 15.2. The molecule has 0 fully saturated rings. The summed E-state index contributed by atoms with van der Waals surface area (Å²) in [5.74, 6) is -0.559. The zero-order valence-corrected chi connectivity index (χ0v) is 12.6. The largest absolute Gasteiger partial charge is 0.369 e. The van der Waals surface area contributed by atoms with Crippen molar-refractivity contribution in [2.24, 2.45) is 5.73 Å². The highest BCUT2D eigenvalue weighted by Gasteiger charge is 2.12. The van der Waals surface area contributed by atoms with E-state index in [4.69, 9.17) is 17.3 Å². The van der Waals surface area contributed by atoms with Crippen LogP contribution < -0.4 is 11.1 Å². The Morgan fingerprint density at radius 2 is 1.90 bits per heavy atom. The summed E-state index contributed by atoms with van der Waals surface area (Å²) in [5.41, 5.74) is 6.23. The lowest BCUT2D eigenvalue weighted by Crippen LogP contribution is -2.15. The molecule has 0 heterocycles. The maximum Gasteiger partial charge on any atom is 0.256 e. The number of thioether (sulfide) groups is 1. The monoisotopic (exact) mass is 320 g/mol. The Balaban J connectivity index is 2.17. The van der Waals surface area contributed by atoms with Crippen LogP contribution in [-0.4, -0.2) is 17.6 Å². The highest BCUT2D eigenvalue weighted by Crippen LogP contribution is 2.24. The third-order valence-corrected chi connectivity index (χ3v) is 3.92. The fourth-order valence-electron chi connectivity index (χ4n) is 1.69. The molecular formula is C15H13ClN2O2S. The quantitative estimate of drug-likeness (QED) is 0.831. The standard InChI is InChI=1S/C15H13ClN2O2S/c16-10-4-3-5-11(8-10)18-15(20)12-6-1-2-7-13(12)21-9-14(17)19/h1-8H,9H2,(H2,17,19)(H,18,20). The number of amides is 2. The predicted octanol–water partition coefficient (Wildman–Crippen LogP) is 3.17. The topological polar surface area (TPSA) is 72.2 Å².